The van der Waals surface area contributed by atoms with E-state index in [0.29, 0.717) is 23.5 Å². The molecule has 20 heavy (non-hydrogen) atoms. The van der Waals surface area contributed by atoms with Gasteiger partial charge in [-0.3, -0.25) is 4.79 Å². The summed E-state index contributed by atoms with van der Waals surface area (Å²) in [4.78, 5) is 12.0. The minimum atomic E-state index is -0.175. The van der Waals surface area contributed by atoms with Crippen LogP contribution in [0.3, 0.4) is 0 Å². The van der Waals surface area contributed by atoms with E-state index in [1.54, 1.807) is 25.3 Å². The maximum atomic E-state index is 12.0. The fourth-order valence-electron chi connectivity index (χ4n) is 1.70. The Morgan fingerprint density at radius 3 is 2.75 bits per heavy atom. The monoisotopic (exact) mass is 280 g/mol. The molecule has 1 aromatic carbocycles. The Balaban J connectivity index is 2.36. The van der Waals surface area contributed by atoms with Gasteiger partial charge >= 0.3 is 0 Å². The molecule has 5 nitrogen and oxygen atoms in total. The van der Waals surface area contributed by atoms with Crippen LogP contribution in [0.2, 0.25) is 0 Å². The van der Waals surface area contributed by atoms with E-state index in [1.807, 2.05) is 13.8 Å². The molecule has 3 N–H and O–H groups in total. The fraction of sp³-hybridized carbons (Fsp3) is 0.533. The first-order valence-electron chi connectivity index (χ1n) is 6.88. The third-order valence-electron chi connectivity index (χ3n) is 2.81. The Hall–Kier alpha value is -1.75. The van der Waals surface area contributed by atoms with E-state index in [1.165, 1.54) is 0 Å². The zero-order valence-electron chi connectivity index (χ0n) is 12.4. The number of carbonyl (C=O) groups is 1. The maximum absolute atomic E-state index is 12.0. The van der Waals surface area contributed by atoms with E-state index in [9.17, 15) is 4.79 Å². The lowest BCUT2D eigenvalue weighted by Crippen LogP contribution is -2.25. The Bertz CT molecular complexity index is 433. The molecule has 0 aromatic heterocycles. The van der Waals surface area contributed by atoms with Crippen molar-refractivity contribution in [3.8, 4) is 5.75 Å². The molecule has 0 radical (unpaired) electrons. The molecule has 1 rings (SSSR count). The van der Waals surface area contributed by atoms with Crippen LogP contribution in [0, 0.1) is 0 Å². The molecular weight excluding hydrogens is 256 g/mol. The number of rotatable bonds is 8. The van der Waals surface area contributed by atoms with Crippen LogP contribution in [0.4, 0.5) is 5.69 Å². The van der Waals surface area contributed by atoms with E-state index in [4.69, 9.17) is 15.2 Å². The SMILES string of the molecule is COc1ccc(N)c(C(=O)NCCCCOC(C)C)c1. The summed E-state index contributed by atoms with van der Waals surface area (Å²) < 4.78 is 10.5. The molecule has 1 amide bonds. The van der Waals surface area contributed by atoms with Gasteiger partial charge in [0.25, 0.3) is 5.91 Å². The molecule has 1 aromatic rings. The van der Waals surface area contributed by atoms with Crippen LogP contribution in [0.5, 0.6) is 5.75 Å². The van der Waals surface area contributed by atoms with Crippen molar-refractivity contribution in [1.82, 2.24) is 5.32 Å². The van der Waals surface area contributed by atoms with Gasteiger partial charge in [0.1, 0.15) is 5.75 Å². The van der Waals surface area contributed by atoms with Gasteiger partial charge in [-0.2, -0.15) is 0 Å². The van der Waals surface area contributed by atoms with E-state index in [-0.39, 0.29) is 12.0 Å². The molecule has 5 heteroatoms. The Labute approximate surface area is 120 Å². The molecule has 0 bridgehead atoms. The highest BCUT2D eigenvalue weighted by Gasteiger charge is 2.10. The third kappa shape index (κ3) is 5.48. The number of hydrogen-bond acceptors (Lipinski definition) is 4. The Kier molecular flexibility index (Phi) is 6.87. The van der Waals surface area contributed by atoms with E-state index in [2.05, 4.69) is 5.32 Å². The topological polar surface area (TPSA) is 73.6 Å². The highest BCUT2D eigenvalue weighted by Crippen LogP contribution is 2.19. The molecule has 0 aliphatic heterocycles. The summed E-state index contributed by atoms with van der Waals surface area (Å²) in [5.74, 6) is 0.445. The van der Waals surface area contributed by atoms with Gasteiger partial charge in [-0.25, -0.2) is 0 Å². The van der Waals surface area contributed by atoms with Gasteiger partial charge in [0.15, 0.2) is 0 Å². The first-order chi connectivity index (χ1) is 9.54. The lowest BCUT2D eigenvalue weighted by molar-refractivity contribution is 0.0754. The molecule has 0 fully saturated rings. The zero-order valence-corrected chi connectivity index (χ0v) is 12.4. The number of methoxy groups -OCH3 is 1. The van der Waals surface area contributed by atoms with Crippen molar-refractivity contribution in [2.45, 2.75) is 32.8 Å². The van der Waals surface area contributed by atoms with Crippen molar-refractivity contribution in [3.05, 3.63) is 23.8 Å². The number of ether oxygens (including phenoxy) is 2. The lowest BCUT2D eigenvalue weighted by atomic mass is 10.1. The van der Waals surface area contributed by atoms with Crippen LogP contribution in [-0.2, 0) is 4.74 Å². The van der Waals surface area contributed by atoms with Crippen LogP contribution < -0.4 is 15.8 Å². The number of unbranched alkanes of at least 4 members (excludes halogenated alkanes) is 1. The van der Waals surface area contributed by atoms with Crippen molar-refractivity contribution >= 4 is 11.6 Å². The van der Waals surface area contributed by atoms with Gasteiger partial charge < -0.3 is 20.5 Å². The second-order valence-corrected chi connectivity index (χ2v) is 4.84. The quantitative estimate of drug-likeness (QED) is 0.565. The van der Waals surface area contributed by atoms with Crippen molar-refractivity contribution in [2.24, 2.45) is 0 Å². The van der Waals surface area contributed by atoms with Gasteiger partial charge in [0.2, 0.25) is 0 Å². The Morgan fingerprint density at radius 1 is 1.35 bits per heavy atom. The number of anilines is 1. The molecule has 0 saturated carbocycles. The second kappa shape index (κ2) is 8.43. The molecule has 0 aliphatic rings. The molecule has 112 valence electrons. The highest BCUT2D eigenvalue weighted by molar-refractivity contribution is 5.99. The molecule has 0 aliphatic carbocycles. The summed E-state index contributed by atoms with van der Waals surface area (Å²) in [6.07, 6.45) is 2.05. The number of carbonyl (C=O) groups excluding carboxylic acids is 1. The van der Waals surface area contributed by atoms with E-state index < -0.39 is 0 Å². The lowest BCUT2D eigenvalue weighted by Gasteiger charge is -2.10. The first kappa shape index (κ1) is 16.3. The minimum absolute atomic E-state index is 0.175. The second-order valence-electron chi connectivity index (χ2n) is 4.84. The highest BCUT2D eigenvalue weighted by atomic mass is 16.5. The van der Waals surface area contributed by atoms with Gasteiger partial charge in [-0.15, -0.1) is 0 Å². The molecule has 0 atom stereocenters. The first-order valence-corrected chi connectivity index (χ1v) is 6.88. The number of hydrogen-bond donors (Lipinski definition) is 2. The van der Waals surface area contributed by atoms with Gasteiger partial charge in [0.05, 0.1) is 18.8 Å². The van der Waals surface area contributed by atoms with Crippen LogP contribution >= 0.6 is 0 Å². The summed E-state index contributed by atoms with van der Waals surface area (Å²) in [7, 11) is 1.56. The summed E-state index contributed by atoms with van der Waals surface area (Å²) in [6.45, 7) is 5.34. The van der Waals surface area contributed by atoms with Crippen molar-refractivity contribution in [1.29, 1.82) is 0 Å². The average Bonchev–Trinajstić information content (AvgIpc) is 2.42. The summed E-state index contributed by atoms with van der Waals surface area (Å²) in [5.41, 5.74) is 6.69. The minimum Gasteiger partial charge on any atom is -0.497 e. The molecular formula is C15H24N2O3. The number of nitrogens with one attached hydrogen (secondary N) is 1. The maximum Gasteiger partial charge on any atom is 0.253 e. The number of benzene rings is 1. The largest absolute Gasteiger partial charge is 0.497 e. The van der Waals surface area contributed by atoms with Crippen LogP contribution in [-0.4, -0.2) is 32.3 Å². The molecule has 0 heterocycles. The smallest absolute Gasteiger partial charge is 0.253 e. The third-order valence-corrected chi connectivity index (χ3v) is 2.81. The van der Waals surface area contributed by atoms with Crippen molar-refractivity contribution in [3.63, 3.8) is 0 Å². The van der Waals surface area contributed by atoms with Crippen molar-refractivity contribution < 1.29 is 14.3 Å². The van der Waals surface area contributed by atoms with Crippen LogP contribution in [0.1, 0.15) is 37.0 Å². The Morgan fingerprint density at radius 2 is 2.10 bits per heavy atom. The summed E-state index contributed by atoms with van der Waals surface area (Å²) in [6, 6.07) is 5.05. The number of amides is 1. The molecule has 0 spiro atoms. The summed E-state index contributed by atoms with van der Waals surface area (Å²) in [5, 5.41) is 2.85. The van der Waals surface area contributed by atoms with Gasteiger partial charge in [-0.05, 0) is 44.9 Å². The van der Waals surface area contributed by atoms with E-state index >= 15 is 0 Å². The van der Waals surface area contributed by atoms with Crippen LogP contribution in [0.25, 0.3) is 0 Å². The number of nitrogens with two attached hydrogens (primary N) is 1. The molecule has 0 unspecified atom stereocenters. The van der Waals surface area contributed by atoms with Gasteiger partial charge in [0, 0.05) is 18.8 Å². The normalized spacial score (nSPS) is 10.6. The molecule has 0 saturated heterocycles. The van der Waals surface area contributed by atoms with Crippen LogP contribution in [0.15, 0.2) is 18.2 Å². The predicted octanol–water partition coefficient (Wildman–Crippen LogP) is 2.21. The standard InChI is InChI=1S/C15H24N2O3/c1-11(2)20-9-5-4-8-17-15(18)13-10-12(19-3)6-7-14(13)16/h6-7,10-11H,4-5,8-9,16H2,1-3H3,(H,17,18). The average molecular weight is 280 g/mol. The van der Waals surface area contributed by atoms with Crippen molar-refractivity contribution in [2.75, 3.05) is 26.0 Å². The predicted molar refractivity (Wildman–Crippen MR) is 80.1 cm³/mol. The van der Waals surface area contributed by atoms with Gasteiger partial charge in [-0.1, -0.05) is 0 Å². The summed E-state index contributed by atoms with van der Waals surface area (Å²) >= 11 is 0. The zero-order chi connectivity index (χ0) is 15.0. The fourth-order valence-corrected chi connectivity index (χ4v) is 1.70. The number of nitrogen functional groups attached to an aromatic ring is 1. The van der Waals surface area contributed by atoms with E-state index in [0.717, 1.165) is 19.4 Å².